The second-order valence-electron chi connectivity index (χ2n) is 17.0. The van der Waals surface area contributed by atoms with Gasteiger partial charge in [-0.05, 0) is 114 Å². The average Bonchev–Trinajstić information content (AvgIpc) is 3.35. The van der Waals surface area contributed by atoms with Crippen molar-refractivity contribution in [2.24, 2.45) is 48.5 Å². The minimum Gasteiger partial charge on any atom is -0.306 e. The number of aryl methyl sites for hydroxylation is 2. The first kappa shape index (κ1) is 46.0. The zero-order valence-corrected chi connectivity index (χ0v) is 35.4. The molecule has 4 rings (SSSR count). The first-order valence-electron chi connectivity index (χ1n) is 19.6. The Bertz CT molecular complexity index is 1460. The van der Waals surface area contributed by atoms with Crippen molar-refractivity contribution in [1.29, 1.82) is 0 Å². The third-order valence-corrected chi connectivity index (χ3v) is 8.91. The second-order valence-corrected chi connectivity index (χ2v) is 17.0. The van der Waals surface area contributed by atoms with Gasteiger partial charge in [0.25, 0.3) is 0 Å². The number of hydrogen-bond acceptors (Lipinski definition) is 7. The van der Waals surface area contributed by atoms with E-state index >= 15 is 0 Å². The van der Waals surface area contributed by atoms with Crippen molar-refractivity contribution in [3.63, 3.8) is 0 Å². The summed E-state index contributed by atoms with van der Waals surface area (Å²) in [6, 6.07) is 6.32. The Hall–Kier alpha value is -3.00. The summed E-state index contributed by atoms with van der Waals surface area (Å²) in [6.07, 6.45) is 6.26. The number of benzene rings is 1. The highest BCUT2D eigenvalue weighted by molar-refractivity contribution is 5.82. The minimum absolute atomic E-state index is 0.213. The Kier molecular flexibility index (Phi) is 20.6. The fourth-order valence-electron chi connectivity index (χ4n) is 5.70. The van der Waals surface area contributed by atoms with Gasteiger partial charge in [0.2, 0.25) is 0 Å². The normalized spacial score (nSPS) is 13.8. The molecule has 0 bridgehead atoms. The molecule has 1 aromatic carbocycles. The second kappa shape index (κ2) is 22.8. The number of carbonyl (C=O) groups is 2. The molecule has 51 heavy (non-hydrogen) atoms. The average molecular weight is 707 g/mol. The number of piperidine rings is 1. The van der Waals surface area contributed by atoms with Crippen LogP contribution in [0, 0.1) is 48.3 Å². The van der Waals surface area contributed by atoms with E-state index in [1.807, 2.05) is 39.4 Å². The molecule has 288 valence electrons. The summed E-state index contributed by atoms with van der Waals surface area (Å²) in [5.74, 6) is 4.05. The van der Waals surface area contributed by atoms with Crippen LogP contribution in [-0.2, 0) is 42.3 Å². The van der Waals surface area contributed by atoms with Gasteiger partial charge in [-0.1, -0.05) is 94.4 Å². The van der Waals surface area contributed by atoms with Gasteiger partial charge in [0.15, 0.2) is 0 Å². The summed E-state index contributed by atoms with van der Waals surface area (Å²) < 4.78 is 1.91. The SMILES string of the molecule is CC(=O)C(C)C.CC(C)C(=O)C1CCN(C)CC1.CC(C)Cc1nnn(C)c1CC(C)C.Cc1ccc2nc(CC(C)C)c(CC(C)C)nc2c1. The van der Waals surface area contributed by atoms with Crippen LogP contribution in [0.3, 0.4) is 0 Å². The monoisotopic (exact) mass is 707 g/mol. The molecule has 0 atom stereocenters. The number of fused-ring (bicyclic) bond motifs is 1. The van der Waals surface area contributed by atoms with Gasteiger partial charge in [0, 0.05) is 24.8 Å². The molecule has 3 aromatic rings. The fourth-order valence-corrected chi connectivity index (χ4v) is 5.70. The maximum atomic E-state index is 11.6. The van der Waals surface area contributed by atoms with E-state index in [0.717, 1.165) is 62.6 Å². The molecule has 0 spiro atoms. The molecule has 1 saturated heterocycles. The van der Waals surface area contributed by atoms with E-state index in [-0.39, 0.29) is 17.6 Å². The van der Waals surface area contributed by atoms with E-state index in [1.54, 1.807) is 6.92 Å². The van der Waals surface area contributed by atoms with Crippen LogP contribution < -0.4 is 0 Å². The van der Waals surface area contributed by atoms with Crippen LogP contribution >= 0.6 is 0 Å². The molecule has 1 fully saturated rings. The summed E-state index contributed by atoms with van der Waals surface area (Å²) in [7, 11) is 4.10. The zero-order valence-electron chi connectivity index (χ0n) is 35.4. The van der Waals surface area contributed by atoms with Crippen molar-refractivity contribution >= 4 is 22.6 Å². The molecule has 8 heteroatoms. The largest absolute Gasteiger partial charge is 0.306 e. The van der Waals surface area contributed by atoms with Crippen molar-refractivity contribution < 1.29 is 9.59 Å². The molecule has 0 unspecified atom stereocenters. The number of aromatic nitrogens is 5. The van der Waals surface area contributed by atoms with Crippen LogP contribution in [0.2, 0.25) is 0 Å². The summed E-state index contributed by atoms with van der Waals surface area (Å²) >= 11 is 0. The van der Waals surface area contributed by atoms with Gasteiger partial charge < -0.3 is 4.90 Å². The Morgan fingerprint density at radius 1 is 0.686 bits per heavy atom. The lowest BCUT2D eigenvalue weighted by molar-refractivity contribution is -0.127. The lowest BCUT2D eigenvalue weighted by atomic mass is 9.87. The molecule has 3 heterocycles. The number of Topliss-reactive ketones (excluding diaryl/α,β-unsaturated/α-hetero) is 2. The smallest absolute Gasteiger partial charge is 0.138 e. The number of likely N-dealkylation sites (tertiary alicyclic amines) is 1. The standard InChI is InChI=1S/C17H24N2.C11H21N3.C10H19NO.C5H10O/c1-11(2)8-15-16(9-12(3)4)19-17-10-13(5)6-7-14(17)18-15;1-8(2)6-10-11(7-9(3)4)14(5)13-12-10;1-8(2)10(12)9-4-6-11(3)7-5-9;1-4(2)5(3)6/h6-7,10-12H,8-9H2,1-5H3;8-9H,6-7H2,1-5H3;8-9H,4-7H2,1-3H3;4H,1-3H3. The van der Waals surface area contributed by atoms with Gasteiger partial charge in [0.1, 0.15) is 11.6 Å². The van der Waals surface area contributed by atoms with Crippen molar-refractivity contribution in [1.82, 2.24) is 29.9 Å². The molecular formula is C43H74N6O2. The van der Waals surface area contributed by atoms with Crippen molar-refractivity contribution in [3.05, 3.63) is 46.5 Å². The fraction of sp³-hybridized carbons (Fsp3) is 0.721. The molecule has 0 N–H and O–H groups in total. The van der Waals surface area contributed by atoms with Crippen LogP contribution in [0.5, 0.6) is 0 Å². The highest BCUT2D eigenvalue weighted by Crippen LogP contribution is 2.21. The molecule has 1 aliphatic heterocycles. The number of carbonyl (C=O) groups excluding carboxylic acids is 2. The van der Waals surface area contributed by atoms with Crippen molar-refractivity contribution in [2.75, 3.05) is 20.1 Å². The highest BCUT2D eigenvalue weighted by atomic mass is 16.1. The highest BCUT2D eigenvalue weighted by Gasteiger charge is 2.24. The third-order valence-electron chi connectivity index (χ3n) is 8.91. The molecule has 0 amide bonds. The van der Waals surface area contributed by atoms with Crippen LogP contribution in [0.25, 0.3) is 11.0 Å². The van der Waals surface area contributed by atoms with Crippen LogP contribution in [0.1, 0.15) is 131 Å². The van der Waals surface area contributed by atoms with Gasteiger partial charge >= 0.3 is 0 Å². The van der Waals surface area contributed by atoms with E-state index in [0.29, 0.717) is 35.4 Å². The quantitative estimate of drug-likeness (QED) is 0.196. The lowest BCUT2D eigenvalue weighted by Crippen LogP contribution is -2.34. The van der Waals surface area contributed by atoms with Crippen LogP contribution in [0.4, 0.5) is 0 Å². The number of ketones is 2. The number of hydrogen-bond donors (Lipinski definition) is 0. The van der Waals surface area contributed by atoms with E-state index in [2.05, 4.69) is 103 Å². The first-order valence-corrected chi connectivity index (χ1v) is 19.6. The number of rotatable bonds is 11. The predicted octanol–water partition coefficient (Wildman–Crippen LogP) is 9.33. The van der Waals surface area contributed by atoms with Gasteiger partial charge in [0.05, 0.1) is 33.8 Å². The van der Waals surface area contributed by atoms with Gasteiger partial charge in [-0.25, -0.2) is 9.97 Å². The predicted molar refractivity (Wildman–Crippen MR) is 215 cm³/mol. The van der Waals surface area contributed by atoms with E-state index in [9.17, 15) is 9.59 Å². The third kappa shape index (κ3) is 17.9. The van der Waals surface area contributed by atoms with Crippen molar-refractivity contribution in [2.45, 2.75) is 135 Å². The molecular weight excluding hydrogens is 633 g/mol. The van der Waals surface area contributed by atoms with E-state index < -0.39 is 0 Å². The topological polar surface area (TPSA) is 93.9 Å². The van der Waals surface area contributed by atoms with Gasteiger partial charge in [-0.3, -0.25) is 14.3 Å². The van der Waals surface area contributed by atoms with E-state index in [1.165, 1.54) is 28.3 Å². The minimum atomic E-state index is 0.213. The molecule has 0 radical (unpaired) electrons. The zero-order chi connectivity index (χ0) is 39.0. The Morgan fingerprint density at radius 2 is 1.14 bits per heavy atom. The molecule has 0 saturated carbocycles. The summed E-state index contributed by atoms with van der Waals surface area (Å²) in [5.41, 5.74) is 8.14. The van der Waals surface area contributed by atoms with Gasteiger partial charge in [-0.15, -0.1) is 5.10 Å². The number of nitrogens with zero attached hydrogens (tertiary/aromatic N) is 6. The molecule has 8 nitrogen and oxygen atoms in total. The first-order chi connectivity index (χ1) is 23.7. The molecule has 0 aliphatic carbocycles. The maximum absolute atomic E-state index is 11.6. The van der Waals surface area contributed by atoms with Crippen LogP contribution in [-0.4, -0.2) is 61.6 Å². The summed E-state index contributed by atoms with van der Waals surface area (Å²) in [5, 5.41) is 8.31. The van der Waals surface area contributed by atoms with E-state index in [4.69, 9.17) is 9.97 Å². The molecule has 1 aliphatic rings. The summed E-state index contributed by atoms with van der Waals surface area (Å²) in [4.78, 5) is 33.7. The lowest BCUT2D eigenvalue weighted by Gasteiger charge is -2.28. The van der Waals surface area contributed by atoms with Gasteiger partial charge in [-0.2, -0.15) is 0 Å². The summed E-state index contributed by atoms with van der Waals surface area (Å²) in [6.45, 7) is 31.5. The maximum Gasteiger partial charge on any atom is 0.138 e. The molecule has 2 aromatic heterocycles. The van der Waals surface area contributed by atoms with Crippen molar-refractivity contribution in [3.8, 4) is 0 Å². The Labute approximate surface area is 312 Å². The Morgan fingerprint density at radius 3 is 1.57 bits per heavy atom. The van der Waals surface area contributed by atoms with Crippen LogP contribution in [0.15, 0.2) is 18.2 Å². The Balaban J connectivity index is 0.000000363.